The number of methoxy groups -OCH3 is 1. The SMILES string of the molecule is COC(=O)c1c(NC(=O)C[C@@H]2Nc3ccccc3NC2=O)sc2c1CC[C@H](C)C2. The minimum absolute atomic E-state index is 0.0419. The number of rotatable bonds is 4. The lowest BCUT2D eigenvalue weighted by Gasteiger charge is -2.26. The molecule has 1 aliphatic carbocycles. The van der Waals surface area contributed by atoms with Gasteiger partial charge in [-0.15, -0.1) is 11.3 Å². The van der Waals surface area contributed by atoms with E-state index in [2.05, 4.69) is 22.9 Å². The number of nitrogens with one attached hydrogen (secondary N) is 3. The number of carbonyl (C=O) groups is 3. The first kappa shape index (κ1) is 19.4. The van der Waals surface area contributed by atoms with E-state index >= 15 is 0 Å². The third-order valence-electron chi connectivity index (χ3n) is 5.37. The zero-order valence-corrected chi connectivity index (χ0v) is 17.2. The number of hydrogen-bond donors (Lipinski definition) is 3. The minimum atomic E-state index is -0.680. The molecular weight excluding hydrogens is 390 g/mol. The quantitative estimate of drug-likeness (QED) is 0.668. The molecule has 0 spiro atoms. The van der Waals surface area contributed by atoms with Crippen molar-refractivity contribution in [2.24, 2.45) is 5.92 Å². The highest BCUT2D eigenvalue weighted by atomic mass is 32.1. The summed E-state index contributed by atoms with van der Waals surface area (Å²) >= 11 is 1.44. The summed E-state index contributed by atoms with van der Waals surface area (Å²) in [6.45, 7) is 2.18. The number of esters is 1. The molecule has 0 bridgehead atoms. The van der Waals surface area contributed by atoms with Crippen molar-refractivity contribution in [1.82, 2.24) is 0 Å². The zero-order valence-electron chi connectivity index (χ0n) is 16.3. The van der Waals surface area contributed by atoms with Gasteiger partial charge in [-0.05, 0) is 42.9 Å². The number of fused-ring (bicyclic) bond motifs is 2. The Bertz CT molecular complexity index is 984. The maximum Gasteiger partial charge on any atom is 0.341 e. The smallest absolute Gasteiger partial charge is 0.341 e. The number of thiophene rings is 1. The van der Waals surface area contributed by atoms with Crippen LogP contribution in [0.1, 0.15) is 40.6 Å². The Hall–Kier alpha value is -2.87. The van der Waals surface area contributed by atoms with E-state index in [0.717, 1.165) is 35.4 Å². The molecular formula is C21H23N3O4S. The molecule has 2 amide bonds. The van der Waals surface area contributed by atoms with Gasteiger partial charge >= 0.3 is 5.97 Å². The molecule has 1 aromatic heterocycles. The number of amides is 2. The van der Waals surface area contributed by atoms with Crippen LogP contribution in [0.2, 0.25) is 0 Å². The molecule has 2 aliphatic rings. The van der Waals surface area contributed by atoms with E-state index in [9.17, 15) is 14.4 Å². The predicted molar refractivity (Wildman–Crippen MR) is 113 cm³/mol. The molecule has 0 fully saturated rings. The van der Waals surface area contributed by atoms with Gasteiger partial charge in [0.2, 0.25) is 11.8 Å². The lowest BCUT2D eigenvalue weighted by atomic mass is 9.88. The summed E-state index contributed by atoms with van der Waals surface area (Å²) in [6.07, 6.45) is 2.66. The fraction of sp³-hybridized carbons (Fsp3) is 0.381. The van der Waals surface area contributed by atoms with Gasteiger partial charge < -0.3 is 20.7 Å². The Morgan fingerprint density at radius 2 is 2.03 bits per heavy atom. The third-order valence-corrected chi connectivity index (χ3v) is 6.54. The summed E-state index contributed by atoms with van der Waals surface area (Å²) in [4.78, 5) is 38.5. The molecule has 7 nitrogen and oxygen atoms in total. The van der Waals surface area contributed by atoms with Crippen LogP contribution in [0, 0.1) is 5.92 Å². The van der Waals surface area contributed by atoms with E-state index in [0.29, 0.717) is 22.2 Å². The van der Waals surface area contributed by atoms with Crippen molar-refractivity contribution >= 4 is 45.5 Å². The van der Waals surface area contributed by atoms with Crippen LogP contribution in [0.3, 0.4) is 0 Å². The van der Waals surface area contributed by atoms with Crippen LogP contribution in [-0.4, -0.2) is 30.9 Å². The molecule has 2 heterocycles. The Morgan fingerprint density at radius 1 is 1.28 bits per heavy atom. The maximum absolute atomic E-state index is 12.7. The fourth-order valence-corrected chi connectivity index (χ4v) is 5.27. The molecule has 8 heteroatoms. The highest BCUT2D eigenvalue weighted by molar-refractivity contribution is 7.17. The highest BCUT2D eigenvalue weighted by Crippen LogP contribution is 2.40. The maximum atomic E-state index is 12.7. The Morgan fingerprint density at radius 3 is 2.79 bits per heavy atom. The topological polar surface area (TPSA) is 96.5 Å². The van der Waals surface area contributed by atoms with Gasteiger partial charge in [-0.1, -0.05) is 19.1 Å². The number of carbonyl (C=O) groups excluding carboxylic acids is 3. The first-order valence-corrected chi connectivity index (χ1v) is 10.5. The van der Waals surface area contributed by atoms with E-state index in [1.165, 1.54) is 18.4 Å². The van der Waals surface area contributed by atoms with Gasteiger partial charge in [-0.2, -0.15) is 0 Å². The number of hydrogen-bond acceptors (Lipinski definition) is 6. The van der Waals surface area contributed by atoms with Crippen molar-refractivity contribution in [1.29, 1.82) is 0 Å². The van der Waals surface area contributed by atoms with Gasteiger partial charge in [0.1, 0.15) is 11.0 Å². The first-order valence-electron chi connectivity index (χ1n) is 9.65. The van der Waals surface area contributed by atoms with Crippen molar-refractivity contribution in [2.45, 2.75) is 38.6 Å². The molecule has 0 unspecified atom stereocenters. The number of ether oxygens (including phenoxy) is 1. The molecule has 2 atom stereocenters. The van der Waals surface area contributed by atoms with Crippen molar-refractivity contribution in [3.05, 3.63) is 40.3 Å². The van der Waals surface area contributed by atoms with E-state index in [4.69, 9.17) is 4.74 Å². The largest absolute Gasteiger partial charge is 0.465 e. The third kappa shape index (κ3) is 3.85. The second-order valence-corrected chi connectivity index (χ2v) is 8.64. The summed E-state index contributed by atoms with van der Waals surface area (Å²) < 4.78 is 4.96. The summed E-state index contributed by atoms with van der Waals surface area (Å²) in [5, 5.41) is 9.28. The average molecular weight is 413 g/mol. The van der Waals surface area contributed by atoms with E-state index < -0.39 is 12.0 Å². The molecule has 1 aliphatic heterocycles. The standard InChI is InChI=1S/C21H23N3O4S/c1-11-7-8-12-16(9-11)29-20(18(12)21(27)28-2)24-17(25)10-15-19(26)23-14-6-4-3-5-13(14)22-15/h3-6,11,15,22H,7-10H2,1-2H3,(H,23,26)(H,24,25)/t11-,15-/m0/s1. The number of benzene rings is 1. The average Bonchev–Trinajstić information content (AvgIpc) is 3.04. The Labute approximate surface area is 172 Å². The van der Waals surface area contributed by atoms with E-state index in [1.54, 1.807) is 6.07 Å². The lowest BCUT2D eigenvalue weighted by Crippen LogP contribution is -2.41. The first-order chi connectivity index (χ1) is 14.0. The van der Waals surface area contributed by atoms with E-state index in [1.807, 2.05) is 18.2 Å². The summed E-state index contributed by atoms with van der Waals surface area (Å²) in [5.41, 5.74) is 2.92. The van der Waals surface area contributed by atoms with Gasteiger partial charge in [0.15, 0.2) is 0 Å². The van der Waals surface area contributed by atoms with Crippen molar-refractivity contribution in [3.63, 3.8) is 0 Å². The van der Waals surface area contributed by atoms with Gasteiger partial charge in [-0.3, -0.25) is 9.59 Å². The number of anilines is 3. The van der Waals surface area contributed by atoms with Gasteiger partial charge in [0.05, 0.1) is 30.5 Å². The highest BCUT2D eigenvalue weighted by Gasteiger charge is 2.31. The molecule has 0 radical (unpaired) electrons. The monoisotopic (exact) mass is 413 g/mol. The normalized spacial score (nSPS) is 20.0. The molecule has 0 saturated carbocycles. The van der Waals surface area contributed by atoms with Crippen molar-refractivity contribution in [2.75, 3.05) is 23.1 Å². The molecule has 4 rings (SSSR count). The van der Waals surface area contributed by atoms with Crippen LogP contribution in [0.4, 0.5) is 16.4 Å². The van der Waals surface area contributed by atoms with Crippen molar-refractivity contribution in [3.8, 4) is 0 Å². The van der Waals surface area contributed by atoms with Crippen molar-refractivity contribution < 1.29 is 19.1 Å². The van der Waals surface area contributed by atoms with Gasteiger partial charge in [0.25, 0.3) is 0 Å². The lowest BCUT2D eigenvalue weighted by molar-refractivity contribution is -0.122. The second kappa shape index (κ2) is 7.87. The fourth-order valence-electron chi connectivity index (χ4n) is 3.85. The zero-order chi connectivity index (χ0) is 20.5. The molecule has 1 aromatic carbocycles. The van der Waals surface area contributed by atoms with Crippen LogP contribution in [-0.2, 0) is 27.2 Å². The summed E-state index contributed by atoms with van der Waals surface area (Å²) in [6, 6.07) is 6.67. The van der Waals surface area contributed by atoms with Crippen LogP contribution in [0.5, 0.6) is 0 Å². The predicted octanol–water partition coefficient (Wildman–Crippen LogP) is 3.42. The molecule has 152 valence electrons. The summed E-state index contributed by atoms with van der Waals surface area (Å²) in [5.74, 6) is -0.472. The Kier molecular flexibility index (Phi) is 5.27. The molecule has 0 saturated heterocycles. The second-order valence-electron chi connectivity index (χ2n) is 7.53. The van der Waals surface area contributed by atoms with Crippen LogP contribution >= 0.6 is 11.3 Å². The minimum Gasteiger partial charge on any atom is -0.465 e. The Balaban J connectivity index is 1.52. The number of para-hydroxylation sites is 2. The molecule has 2 aromatic rings. The van der Waals surface area contributed by atoms with Gasteiger partial charge in [-0.25, -0.2) is 4.79 Å². The molecule has 3 N–H and O–H groups in total. The van der Waals surface area contributed by atoms with Crippen LogP contribution in [0.25, 0.3) is 0 Å². The summed E-state index contributed by atoms with van der Waals surface area (Å²) in [7, 11) is 1.34. The molecule has 29 heavy (non-hydrogen) atoms. The van der Waals surface area contributed by atoms with Crippen LogP contribution < -0.4 is 16.0 Å². The van der Waals surface area contributed by atoms with Crippen LogP contribution in [0.15, 0.2) is 24.3 Å². The van der Waals surface area contributed by atoms with Gasteiger partial charge in [0, 0.05) is 4.88 Å². The van der Waals surface area contributed by atoms with E-state index in [-0.39, 0.29) is 18.2 Å².